The molecule has 2 bridgehead atoms. The monoisotopic (exact) mass is 372 g/mol. The Morgan fingerprint density at radius 3 is 2.85 bits per heavy atom. The van der Waals surface area contributed by atoms with Gasteiger partial charge in [0.25, 0.3) is 5.91 Å². The Bertz CT molecular complexity index is 857. The number of aromatic nitrogens is 1. The molecule has 1 unspecified atom stereocenters. The molecule has 1 amide bonds. The van der Waals surface area contributed by atoms with Crippen LogP contribution in [0.25, 0.3) is 10.9 Å². The second-order valence-corrected chi connectivity index (χ2v) is 8.75. The number of fused-ring (bicyclic) bond motifs is 3. The topological polar surface area (TPSA) is 43.3 Å². The van der Waals surface area contributed by atoms with E-state index in [0.29, 0.717) is 35.8 Å². The fourth-order valence-corrected chi connectivity index (χ4v) is 5.79. The van der Waals surface area contributed by atoms with Crippen molar-refractivity contribution in [3.63, 3.8) is 0 Å². The number of ether oxygens (including phenoxy) is 1. The predicted molar refractivity (Wildman–Crippen MR) is 103 cm³/mol. The summed E-state index contributed by atoms with van der Waals surface area (Å²) in [6.45, 7) is 4.56. The van der Waals surface area contributed by atoms with Crippen molar-refractivity contribution >= 4 is 28.4 Å². The molecule has 2 aromatic rings. The molecule has 3 aliphatic rings. The van der Waals surface area contributed by atoms with Crippen molar-refractivity contribution in [1.82, 2.24) is 9.88 Å². The van der Waals surface area contributed by atoms with Crippen LogP contribution in [-0.4, -0.2) is 30.2 Å². The van der Waals surface area contributed by atoms with Crippen LogP contribution in [0.15, 0.2) is 24.4 Å². The van der Waals surface area contributed by atoms with Gasteiger partial charge in [0.05, 0.1) is 35.4 Å². The summed E-state index contributed by atoms with van der Waals surface area (Å²) in [5, 5.41) is 4.71. The first-order chi connectivity index (χ1) is 12.6. The van der Waals surface area contributed by atoms with Crippen LogP contribution in [0.4, 0.5) is 0 Å². The maximum atomic E-state index is 13.0. The zero-order valence-corrected chi connectivity index (χ0v) is 15.8. The van der Waals surface area contributed by atoms with Gasteiger partial charge in [0, 0.05) is 18.1 Å². The van der Waals surface area contributed by atoms with Gasteiger partial charge in [-0.05, 0) is 55.1 Å². The number of nitrogens with zero attached hydrogens (tertiary/aromatic N) is 1. The first-order valence-electron chi connectivity index (χ1n) is 9.78. The molecule has 2 aliphatic carbocycles. The van der Waals surface area contributed by atoms with Crippen molar-refractivity contribution in [2.24, 2.45) is 23.7 Å². The van der Waals surface area contributed by atoms with Crippen molar-refractivity contribution in [1.29, 1.82) is 0 Å². The lowest BCUT2D eigenvalue weighted by molar-refractivity contribution is -0.0214. The number of nitrogens with one attached hydrogen (secondary N) is 1. The molecule has 4 atom stereocenters. The molecule has 0 spiro atoms. The molecule has 1 aromatic carbocycles. The number of benzene rings is 1. The summed E-state index contributed by atoms with van der Waals surface area (Å²) >= 11 is 6.46. The van der Waals surface area contributed by atoms with Crippen LogP contribution >= 0.6 is 11.6 Å². The molecule has 1 N–H and O–H groups in total. The molecule has 138 valence electrons. The Hall–Kier alpha value is -1.52. The molecule has 26 heavy (non-hydrogen) atoms. The molecule has 1 aromatic heterocycles. The predicted octanol–water partition coefficient (Wildman–Crippen LogP) is 4.28. The van der Waals surface area contributed by atoms with Crippen LogP contribution in [-0.2, 0) is 4.74 Å². The molecular weight excluding hydrogens is 348 g/mol. The van der Waals surface area contributed by atoms with E-state index in [-0.39, 0.29) is 5.91 Å². The highest BCUT2D eigenvalue weighted by atomic mass is 35.5. The summed E-state index contributed by atoms with van der Waals surface area (Å²) in [7, 11) is 0. The molecule has 0 radical (unpaired) electrons. The van der Waals surface area contributed by atoms with Gasteiger partial charge < -0.3 is 14.6 Å². The van der Waals surface area contributed by atoms with Gasteiger partial charge in [-0.15, -0.1) is 0 Å². The molecule has 5 heteroatoms. The van der Waals surface area contributed by atoms with Crippen molar-refractivity contribution < 1.29 is 9.53 Å². The van der Waals surface area contributed by atoms with E-state index in [1.807, 2.05) is 24.4 Å². The van der Waals surface area contributed by atoms with E-state index < -0.39 is 0 Å². The highest BCUT2D eigenvalue weighted by Gasteiger charge is 2.45. The average molecular weight is 373 g/mol. The summed E-state index contributed by atoms with van der Waals surface area (Å²) in [5.74, 6) is 3.12. The Labute approximate surface area is 158 Å². The van der Waals surface area contributed by atoms with E-state index in [9.17, 15) is 4.79 Å². The Morgan fingerprint density at radius 2 is 2.19 bits per heavy atom. The number of halogens is 1. The second kappa shape index (κ2) is 6.28. The fraction of sp³-hybridized carbons (Fsp3) is 0.571. The number of rotatable bonds is 4. The molecule has 4 nitrogen and oxygen atoms in total. The van der Waals surface area contributed by atoms with Crippen molar-refractivity contribution in [3.8, 4) is 0 Å². The van der Waals surface area contributed by atoms with Crippen LogP contribution < -0.4 is 5.32 Å². The average Bonchev–Trinajstić information content (AvgIpc) is 3.23. The summed E-state index contributed by atoms with van der Waals surface area (Å²) in [6.07, 6.45) is 5.94. The van der Waals surface area contributed by atoms with Gasteiger partial charge in [-0.3, -0.25) is 4.79 Å². The lowest BCUT2D eigenvalue weighted by Crippen LogP contribution is -2.32. The van der Waals surface area contributed by atoms with E-state index >= 15 is 0 Å². The van der Waals surface area contributed by atoms with Crippen molar-refractivity contribution in [2.75, 3.05) is 19.8 Å². The smallest absolute Gasteiger partial charge is 0.253 e. The molecule has 1 saturated heterocycles. The van der Waals surface area contributed by atoms with Crippen LogP contribution in [0, 0.1) is 23.7 Å². The van der Waals surface area contributed by atoms with Gasteiger partial charge in [-0.2, -0.15) is 0 Å². The van der Waals surface area contributed by atoms with Crippen LogP contribution in [0.3, 0.4) is 0 Å². The number of amides is 1. The number of carbonyl (C=O) groups is 1. The summed E-state index contributed by atoms with van der Waals surface area (Å²) in [6, 6.07) is 6.14. The third-order valence-electron chi connectivity index (χ3n) is 7.09. The molecule has 5 rings (SSSR count). The highest BCUT2D eigenvalue weighted by Crippen LogP contribution is 2.52. The van der Waals surface area contributed by atoms with Crippen molar-refractivity contribution in [2.45, 2.75) is 32.2 Å². The van der Waals surface area contributed by atoms with Gasteiger partial charge in [-0.25, -0.2) is 0 Å². The summed E-state index contributed by atoms with van der Waals surface area (Å²) < 4.78 is 7.49. The molecule has 1 aliphatic heterocycles. The van der Waals surface area contributed by atoms with Crippen molar-refractivity contribution in [3.05, 3.63) is 35.0 Å². The lowest BCUT2D eigenvalue weighted by atomic mass is 9.88. The number of hydrogen-bond acceptors (Lipinski definition) is 2. The highest BCUT2D eigenvalue weighted by molar-refractivity contribution is 6.36. The lowest BCUT2D eigenvalue weighted by Gasteiger charge is -2.28. The summed E-state index contributed by atoms with van der Waals surface area (Å²) in [4.78, 5) is 13.0. The van der Waals surface area contributed by atoms with E-state index in [2.05, 4.69) is 16.8 Å². The zero-order valence-electron chi connectivity index (χ0n) is 15.1. The zero-order chi connectivity index (χ0) is 17.8. The normalized spacial score (nSPS) is 30.7. The SMILES string of the molecule is C[C@H]1[C@H]2CC[C@@H]1C(CNC(=O)c1cn(C3COC3)c3cccc(Cl)c13)C2. The molecule has 2 saturated carbocycles. The third-order valence-corrected chi connectivity index (χ3v) is 7.41. The second-order valence-electron chi connectivity index (χ2n) is 8.34. The standard InChI is InChI=1S/C21H25ClN2O2/c1-12-13-5-6-16(12)14(7-13)8-23-21(25)17-9-24(15-10-26-11-15)19-4-2-3-18(22)20(17)19/h2-4,9,12-16H,5-8,10-11H2,1H3,(H,23,25)/t12-,13-,14?,16-/m0/s1. The van der Waals surface area contributed by atoms with Crippen LogP contribution in [0.5, 0.6) is 0 Å². The van der Waals surface area contributed by atoms with E-state index in [4.69, 9.17) is 16.3 Å². The van der Waals surface area contributed by atoms with Crippen LogP contribution in [0.2, 0.25) is 5.02 Å². The van der Waals surface area contributed by atoms with Crippen LogP contribution in [0.1, 0.15) is 42.6 Å². The third kappa shape index (κ3) is 2.49. The van der Waals surface area contributed by atoms with Gasteiger partial charge in [0.1, 0.15) is 0 Å². The van der Waals surface area contributed by atoms with Gasteiger partial charge in [0.15, 0.2) is 0 Å². The quantitative estimate of drug-likeness (QED) is 0.870. The maximum Gasteiger partial charge on any atom is 0.253 e. The molecular formula is C21H25ClN2O2. The Balaban J connectivity index is 1.39. The van der Waals surface area contributed by atoms with E-state index in [1.165, 1.54) is 19.3 Å². The fourth-order valence-electron chi connectivity index (χ4n) is 5.52. The Kier molecular flexibility index (Phi) is 4.02. The largest absolute Gasteiger partial charge is 0.377 e. The minimum absolute atomic E-state index is 0.00230. The summed E-state index contributed by atoms with van der Waals surface area (Å²) in [5.41, 5.74) is 1.71. The molecule has 2 heterocycles. The van der Waals surface area contributed by atoms with Gasteiger partial charge >= 0.3 is 0 Å². The van der Waals surface area contributed by atoms with Gasteiger partial charge in [-0.1, -0.05) is 24.6 Å². The minimum Gasteiger partial charge on any atom is -0.377 e. The first kappa shape index (κ1) is 16.6. The van der Waals surface area contributed by atoms with E-state index in [0.717, 1.165) is 35.2 Å². The minimum atomic E-state index is -0.00230. The number of hydrogen-bond donors (Lipinski definition) is 1. The van der Waals surface area contributed by atoms with Gasteiger partial charge in [0.2, 0.25) is 0 Å². The maximum absolute atomic E-state index is 13.0. The molecule has 3 fully saturated rings. The Morgan fingerprint density at radius 1 is 1.35 bits per heavy atom. The first-order valence-corrected chi connectivity index (χ1v) is 10.2. The number of carbonyl (C=O) groups excluding carboxylic acids is 1. The van der Waals surface area contributed by atoms with E-state index in [1.54, 1.807) is 0 Å².